The smallest absolute Gasteiger partial charge is 0.232 e. The van der Waals surface area contributed by atoms with Crippen LogP contribution in [0.3, 0.4) is 0 Å². The van der Waals surface area contributed by atoms with Crippen LogP contribution in [-0.4, -0.2) is 36.5 Å². The van der Waals surface area contributed by atoms with Gasteiger partial charge in [-0.3, -0.25) is 0 Å². The Labute approximate surface area is 176 Å². The first kappa shape index (κ1) is 19.3. The van der Waals surface area contributed by atoms with E-state index >= 15 is 0 Å². The Morgan fingerprint density at radius 1 is 1.13 bits per heavy atom. The normalized spacial score (nSPS) is 13.6. The minimum atomic E-state index is -0.311. The van der Waals surface area contributed by atoms with E-state index in [1.165, 1.54) is 12.1 Å². The Bertz CT molecular complexity index is 1190. The Kier molecular flexibility index (Phi) is 5.13. The maximum Gasteiger partial charge on any atom is 0.232 e. The third-order valence-electron chi connectivity index (χ3n) is 5.05. The van der Waals surface area contributed by atoms with Gasteiger partial charge in [0.2, 0.25) is 5.88 Å². The lowest BCUT2D eigenvalue weighted by Crippen LogP contribution is -2.05. The van der Waals surface area contributed by atoms with E-state index in [4.69, 9.17) is 14.0 Å². The average molecular weight is 422 g/mol. The molecule has 1 aliphatic rings. The molecule has 158 valence electrons. The topological polar surface area (TPSA) is 101 Å². The third-order valence-corrected chi connectivity index (χ3v) is 5.05. The highest BCUT2D eigenvalue weighted by molar-refractivity contribution is 5.63. The predicted octanol–water partition coefficient (Wildman–Crippen LogP) is 3.34. The summed E-state index contributed by atoms with van der Waals surface area (Å²) in [7, 11) is 0. The summed E-state index contributed by atoms with van der Waals surface area (Å²) in [5.41, 5.74) is 2.73. The van der Waals surface area contributed by atoms with E-state index in [1.54, 1.807) is 31.5 Å². The summed E-state index contributed by atoms with van der Waals surface area (Å²) < 4.78 is 31.9. The molecule has 0 saturated carbocycles. The van der Waals surface area contributed by atoms with Crippen molar-refractivity contribution in [1.29, 1.82) is 0 Å². The van der Waals surface area contributed by atoms with Crippen LogP contribution in [0.5, 0.6) is 5.88 Å². The molecular weight excluding hydrogens is 403 g/mol. The summed E-state index contributed by atoms with van der Waals surface area (Å²) in [6.45, 7) is 3.90. The van der Waals surface area contributed by atoms with Gasteiger partial charge in [0.1, 0.15) is 36.2 Å². The van der Waals surface area contributed by atoms with E-state index in [2.05, 4.69) is 25.3 Å². The molecule has 4 heterocycles. The molecule has 9 nitrogen and oxygen atoms in total. The quantitative estimate of drug-likeness (QED) is 0.483. The summed E-state index contributed by atoms with van der Waals surface area (Å²) >= 11 is 0. The molecule has 5 rings (SSSR count). The number of aryl methyl sites for hydroxylation is 1. The second kappa shape index (κ2) is 8.23. The molecule has 1 aromatic carbocycles. The van der Waals surface area contributed by atoms with Gasteiger partial charge in [0.25, 0.3) is 0 Å². The van der Waals surface area contributed by atoms with Gasteiger partial charge in [-0.05, 0) is 37.6 Å². The third kappa shape index (κ3) is 3.89. The average Bonchev–Trinajstić information content (AvgIpc) is 3.28. The molecular formula is C21H19FN6O3. The molecule has 0 fully saturated rings. The van der Waals surface area contributed by atoms with Crippen LogP contribution >= 0.6 is 0 Å². The molecule has 0 bridgehead atoms. The largest absolute Gasteiger partial charge is 0.471 e. The molecule has 3 aromatic heterocycles. The number of fused-ring (bicyclic) bond motifs is 1. The fraction of sp³-hybridized carbons (Fsp3) is 0.286. The highest BCUT2D eigenvalue weighted by Crippen LogP contribution is 2.27. The number of aromatic nitrogens is 6. The molecule has 0 atom stereocenters. The van der Waals surface area contributed by atoms with Gasteiger partial charge in [-0.15, -0.1) is 10.2 Å². The lowest BCUT2D eigenvalue weighted by atomic mass is 10.1. The molecule has 10 heteroatoms. The van der Waals surface area contributed by atoms with Crippen molar-refractivity contribution >= 4 is 0 Å². The van der Waals surface area contributed by atoms with Gasteiger partial charge >= 0.3 is 0 Å². The first-order chi connectivity index (χ1) is 15.2. The van der Waals surface area contributed by atoms with Crippen LogP contribution in [0.25, 0.3) is 22.8 Å². The number of nitrogens with zero attached hydrogens (tertiary/aromatic N) is 6. The van der Waals surface area contributed by atoms with Crippen molar-refractivity contribution in [2.75, 3.05) is 6.61 Å². The maximum absolute atomic E-state index is 13.2. The fourth-order valence-corrected chi connectivity index (χ4v) is 3.40. The van der Waals surface area contributed by atoms with Crippen molar-refractivity contribution in [3.8, 4) is 28.7 Å². The van der Waals surface area contributed by atoms with Crippen molar-refractivity contribution in [3.05, 3.63) is 59.6 Å². The zero-order chi connectivity index (χ0) is 21.2. The van der Waals surface area contributed by atoms with Crippen molar-refractivity contribution in [3.63, 3.8) is 0 Å². The van der Waals surface area contributed by atoms with E-state index in [0.29, 0.717) is 42.1 Å². The lowest BCUT2D eigenvalue weighted by Gasteiger charge is -2.08. The number of benzene rings is 1. The summed E-state index contributed by atoms with van der Waals surface area (Å²) in [4.78, 5) is 8.79. The Morgan fingerprint density at radius 2 is 2.00 bits per heavy atom. The number of halogens is 1. The lowest BCUT2D eigenvalue weighted by molar-refractivity contribution is 0.122. The van der Waals surface area contributed by atoms with Gasteiger partial charge < -0.3 is 18.6 Å². The van der Waals surface area contributed by atoms with Crippen molar-refractivity contribution in [2.24, 2.45) is 0 Å². The van der Waals surface area contributed by atoms with Gasteiger partial charge in [-0.25, -0.2) is 14.4 Å². The van der Waals surface area contributed by atoms with Gasteiger partial charge in [0, 0.05) is 18.7 Å². The van der Waals surface area contributed by atoms with Crippen molar-refractivity contribution < 1.29 is 18.4 Å². The molecule has 4 aromatic rings. The first-order valence-electron chi connectivity index (χ1n) is 9.85. The highest BCUT2D eigenvalue weighted by atomic mass is 19.1. The van der Waals surface area contributed by atoms with E-state index in [9.17, 15) is 4.39 Å². The Hall–Kier alpha value is -3.66. The van der Waals surface area contributed by atoms with Crippen LogP contribution in [0.15, 0.2) is 41.2 Å². The van der Waals surface area contributed by atoms with Crippen LogP contribution in [-0.2, 0) is 24.5 Å². The minimum Gasteiger partial charge on any atom is -0.471 e. The minimum absolute atomic E-state index is 0.188. The molecule has 0 saturated heterocycles. The predicted molar refractivity (Wildman–Crippen MR) is 106 cm³/mol. The second-order valence-corrected chi connectivity index (χ2v) is 7.10. The van der Waals surface area contributed by atoms with Crippen LogP contribution in [0.2, 0.25) is 0 Å². The van der Waals surface area contributed by atoms with Gasteiger partial charge in [-0.2, -0.15) is 0 Å². The molecule has 1 aliphatic heterocycles. The molecule has 31 heavy (non-hydrogen) atoms. The highest BCUT2D eigenvalue weighted by Gasteiger charge is 2.19. The van der Waals surface area contributed by atoms with Crippen LogP contribution < -0.4 is 4.74 Å². The van der Waals surface area contributed by atoms with Gasteiger partial charge in [-0.1, -0.05) is 5.16 Å². The Morgan fingerprint density at radius 3 is 2.81 bits per heavy atom. The summed E-state index contributed by atoms with van der Waals surface area (Å²) in [5, 5.41) is 12.5. The summed E-state index contributed by atoms with van der Waals surface area (Å²) in [6.07, 6.45) is 4.05. The van der Waals surface area contributed by atoms with Gasteiger partial charge in [0.15, 0.2) is 11.6 Å². The summed E-state index contributed by atoms with van der Waals surface area (Å²) in [6, 6.07) is 6.06. The molecule has 0 spiro atoms. The van der Waals surface area contributed by atoms with Gasteiger partial charge in [0.05, 0.1) is 18.0 Å². The van der Waals surface area contributed by atoms with E-state index < -0.39 is 0 Å². The number of hydrogen-bond donors (Lipinski definition) is 0. The van der Waals surface area contributed by atoms with Crippen LogP contribution in [0, 0.1) is 12.7 Å². The van der Waals surface area contributed by atoms with E-state index in [1.807, 2.05) is 4.57 Å². The number of rotatable bonds is 5. The number of hydrogen-bond acceptors (Lipinski definition) is 8. The zero-order valence-electron chi connectivity index (χ0n) is 16.8. The summed E-state index contributed by atoms with van der Waals surface area (Å²) in [5.74, 6) is 2.11. The van der Waals surface area contributed by atoms with Crippen LogP contribution in [0.4, 0.5) is 4.39 Å². The van der Waals surface area contributed by atoms with E-state index in [0.717, 1.165) is 29.9 Å². The fourth-order valence-electron chi connectivity index (χ4n) is 3.40. The Balaban J connectivity index is 1.32. The monoisotopic (exact) mass is 422 g/mol. The number of ether oxygens (including phenoxy) is 2. The molecule has 0 aliphatic carbocycles. The molecule has 0 N–H and O–H groups in total. The zero-order valence-corrected chi connectivity index (χ0v) is 16.8. The molecule has 0 unspecified atom stereocenters. The maximum atomic E-state index is 13.2. The first-order valence-corrected chi connectivity index (χ1v) is 9.85. The second-order valence-electron chi connectivity index (χ2n) is 7.10. The van der Waals surface area contributed by atoms with E-state index in [-0.39, 0.29) is 12.4 Å². The molecule has 0 amide bonds. The molecule has 0 radical (unpaired) electrons. The van der Waals surface area contributed by atoms with Crippen LogP contribution in [0.1, 0.15) is 23.6 Å². The standard InChI is InChI=1S/C21H19FN6O3/c1-13-16(20(27-31-13)14-3-5-15(22)6-4-14)11-30-19-10-23-17(9-24-19)21-26-25-18-12-29-8-2-7-28(18)21/h3-6,9-10H,2,7-8,11-12H2,1H3. The SMILES string of the molecule is Cc1onc(-c2ccc(F)cc2)c1COc1cnc(-c2nnc3n2CCCOC3)cn1. The van der Waals surface area contributed by atoms with Crippen molar-refractivity contribution in [2.45, 2.75) is 33.1 Å². The van der Waals surface area contributed by atoms with Crippen molar-refractivity contribution in [1.82, 2.24) is 29.9 Å².